The van der Waals surface area contributed by atoms with Crippen LogP contribution in [0.2, 0.25) is 5.02 Å². The molecule has 0 radical (unpaired) electrons. The molecule has 1 unspecified atom stereocenters. The Labute approximate surface area is 193 Å². The molecule has 1 saturated heterocycles. The van der Waals surface area contributed by atoms with Crippen LogP contribution in [0.3, 0.4) is 0 Å². The summed E-state index contributed by atoms with van der Waals surface area (Å²) in [6.07, 6.45) is 1.82. The normalized spacial score (nSPS) is 15.8. The Morgan fingerprint density at radius 1 is 1.22 bits per heavy atom. The number of rotatable bonds is 8. The van der Waals surface area contributed by atoms with Crippen LogP contribution in [0.1, 0.15) is 25.3 Å². The van der Waals surface area contributed by atoms with Crippen molar-refractivity contribution in [1.29, 1.82) is 0 Å². The number of benzene rings is 2. The van der Waals surface area contributed by atoms with Gasteiger partial charge in [-0.2, -0.15) is 0 Å². The second-order valence-electron chi connectivity index (χ2n) is 7.96. The maximum absolute atomic E-state index is 13.7. The molecule has 1 aliphatic rings. The fourth-order valence-electron chi connectivity index (χ4n) is 3.87. The standard InChI is InChI=1S/C24H29ClFN3O3/c1-16(23(30)28-19-7-8-22(32-2)20(25)15-19)29-13-10-18(11-14-29)24(31)27-12-9-17-5-3-4-6-21(17)26/h3-8,15-16,18H,9-14H2,1-2H3,(H,27,31)(H,28,30). The molecule has 6 nitrogen and oxygen atoms in total. The van der Waals surface area contributed by atoms with Gasteiger partial charge in [0.15, 0.2) is 0 Å². The quantitative estimate of drug-likeness (QED) is 0.625. The van der Waals surface area contributed by atoms with Gasteiger partial charge in [-0.1, -0.05) is 29.8 Å². The summed E-state index contributed by atoms with van der Waals surface area (Å²) in [5, 5.41) is 6.23. The van der Waals surface area contributed by atoms with Crippen molar-refractivity contribution in [1.82, 2.24) is 10.2 Å². The molecule has 1 aliphatic heterocycles. The highest BCUT2D eigenvalue weighted by molar-refractivity contribution is 6.32. The van der Waals surface area contributed by atoms with Gasteiger partial charge >= 0.3 is 0 Å². The first-order chi connectivity index (χ1) is 15.4. The van der Waals surface area contributed by atoms with Gasteiger partial charge in [0.2, 0.25) is 11.8 Å². The second kappa shape index (κ2) is 11.3. The van der Waals surface area contributed by atoms with Gasteiger partial charge < -0.3 is 15.4 Å². The van der Waals surface area contributed by atoms with Crippen LogP contribution in [0.5, 0.6) is 5.75 Å². The number of carbonyl (C=O) groups excluding carboxylic acids is 2. The molecular weight excluding hydrogens is 433 g/mol. The molecule has 2 N–H and O–H groups in total. The number of methoxy groups -OCH3 is 1. The molecule has 2 amide bonds. The van der Waals surface area contributed by atoms with Crippen LogP contribution in [-0.4, -0.2) is 49.5 Å². The van der Waals surface area contributed by atoms with Crippen molar-refractivity contribution in [3.8, 4) is 5.75 Å². The lowest BCUT2D eigenvalue weighted by molar-refractivity contribution is -0.127. The van der Waals surface area contributed by atoms with Crippen LogP contribution in [0.4, 0.5) is 10.1 Å². The third-order valence-electron chi connectivity index (χ3n) is 5.90. The number of nitrogens with zero attached hydrogens (tertiary/aromatic N) is 1. The molecular formula is C24H29ClFN3O3. The average Bonchev–Trinajstić information content (AvgIpc) is 2.80. The average molecular weight is 462 g/mol. The molecule has 0 aliphatic carbocycles. The molecule has 1 fully saturated rings. The van der Waals surface area contributed by atoms with Gasteiger partial charge in [-0.15, -0.1) is 0 Å². The van der Waals surface area contributed by atoms with Crippen molar-refractivity contribution in [3.63, 3.8) is 0 Å². The number of hydrogen-bond acceptors (Lipinski definition) is 4. The van der Waals surface area contributed by atoms with Crippen LogP contribution in [0, 0.1) is 11.7 Å². The maximum Gasteiger partial charge on any atom is 0.241 e. The SMILES string of the molecule is COc1ccc(NC(=O)C(C)N2CCC(C(=O)NCCc3ccccc3F)CC2)cc1Cl. The Kier molecular flexibility index (Phi) is 8.47. The third kappa shape index (κ3) is 6.20. The van der Waals surface area contributed by atoms with E-state index in [4.69, 9.17) is 16.3 Å². The summed E-state index contributed by atoms with van der Waals surface area (Å²) in [4.78, 5) is 27.2. The van der Waals surface area contributed by atoms with Gasteiger partial charge in [0.1, 0.15) is 11.6 Å². The lowest BCUT2D eigenvalue weighted by Gasteiger charge is -2.34. The first-order valence-corrected chi connectivity index (χ1v) is 11.2. The van der Waals surface area contributed by atoms with Gasteiger partial charge in [0.25, 0.3) is 0 Å². The smallest absolute Gasteiger partial charge is 0.241 e. The molecule has 32 heavy (non-hydrogen) atoms. The Bertz CT molecular complexity index is 948. The van der Waals surface area contributed by atoms with E-state index >= 15 is 0 Å². The molecule has 2 aromatic carbocycles. The zero-order valence-corrected chi connectivity index (χ0v) is 19.1. The highest BCUT2D eigenvalue weighted by Crippen LogP contribution is 2.27. The minimum Gasteiger partial charge on any atom is -0.495 e. The highest BCUT2D eigenvalue weighted by atomic mass is 35.5. The van der Waals surface area contributed by atoms with E-state index in [-0.39, 0.29) is 29.6 Å². The van der Waals surface area contributed by atoms with Gasteiger partial charge in [0, 0.05) is 18.2 Å². The molecule has 1 heterocycles. The van der Waals surface area contributed by atoms with Gasteiger partial charge in [-0.25, -0.2) is 4.39 Å². The van der Waals surface area contributed by atoms with Crippen molar-refractivity contribution >= 4 is 29.1 Å². The Hall–Kier alpha value is -2.64. The second-order valence-corrected chi connectivity index (χ2v) is 8.36. The topological polar surface area (TPSA) is 70.7 Å². The summed E-state index contributed by atoms with van der Waals surface area (Å²) >= 11 is 6.12. The number of hydrogen-bond donors (Lipinski definition) is 2. The fraction of sp³-hybridized carbons (Fsp3) is 0.417. The zero-order valence-electron chi connectivity index (χ0n) is 18.4. The van der Waals surface area contributed by atoms with Crippen LogP contribution >= 0.6 is 11.6 Å². The number of halogens is 2. The van der Waals surface area contributed by atoms with E-state index in [1.54, 1.807) is 36.4 Å². The van der Waals surface area contributed by atoms with E-state index in [0.29, 0.717) is 60.9 Å². The number of piperidine rings is 1. The Morgan fingerprint density at radius 2 is 1.94 bits per heavy atom. The monoisotopic (exact) mass is 461 g/mol. The van der Waals surface area contributed by atoms with E-state index in [1.165, 1.54) is 13.2 Å². The molecule has 0 saturated carbocycles. The van der Waals surface area contributed by atoms with Crippen LogP contribution in [0.15, 0.2) is 42.5 Å². The molecule has 1 atom stereocenters. The predicted octanol–water partition coefficient (Wildman–Crippen LogP) is 3.89. The summed E-state index contributed by atoms with van der Waals surface area (Å²) < 4.78 is 18.8. The van der Waals surface area contributed by atoms with Crippen LogP contribution < -0.4 is 15.4 Å². The molecule has 0 aromatic heterocycles. The number of likely N-dealkylation sites (tertiary alicyclic amines) is 1. The molecule has 0 spiro atoms. The number of amides is 2. The minimum atomic E-state index is -0.332. The maximum atomic E-state index is 13.7. The van der Waals surface area contributed by atoms with Gasteiger partial charge in [0.05, 0.1) is 18.2 Å². The van der Waals surface area contributed by atoms with E-state index in [1.807, 2.05) is 6.92 Å². The number of nitrogens with one attached hydrogen (secondary N) is 2. The summed E-state index contributed by atoms with van der Waals surface area (Å²) in [7, 11) is 1.54. The van der Waals surface area contributed by atoms with Crippen LogP contribution in [-0.2, 0) is 16.0 Å². The molecule has 3 rings (SSSR count). The van der Waals surface area contributed by atoms with E-state index in [0.717, 1.165) is 0 Å². The Morgan fingerprint density at radius 3 is 2.59 bits per heavy atom. The molecule has 0 bridgehead atoms. The lowest BCUT2D eigenvalue weighted by atomic mass is 9.94. The molecule has 8 heteroatoms. The van der Waals surface area contributed by atoms with E-state index in [2.05, 4.69) is 15.5 Å². The lowest BCUT2D eigenvalue weighted by Crippen LogP contribution is -2.48. The zero-order chi connectivity index (χ0) is 23.1. The minimum absolute atomic E-state index is 0.00836. The van der Waals surface area contributed by atoms with E-state index < -0.39 is 0 Å². The number of anilines is 1. The molecule has 2 aromatic rings. The first kappa shape index (κ1) is 24.0. The van der Waals surface area contributed by atoms with Crippen molar-refractivity contribution in [2.75, 3.05) is 32.1 Å². The Balaban J connectivity index is 1.43. The number of ether oxygens (including phenoxy) is 1. The van der Waals surface area contributed by atoms with Crippen molar-refractivity contribution in [3.05, 3.63) is 58.9 Å². The predicted molar refractivity (Wildman–Crippen MR) is 124 cm³/mol. The third-order valence-corrected chi connectivity index (χ3v) is 6.19. The van der Waals surface area contributed by atoms with Crippen molar-refractivity contribution < 1.29 is 18.7 Å². The molecule has 172 valence electrons. The van der Waals surface area contributed by atoms with Crippen molar-refractivity contribution in [2.24, 2.45) is 5.92 Å². The van der Waals surface area contributed by atoms with Gasteiger partial charge in [-0.05, 0) is 69.1 Å². The summed E-state index contributed by atoms with van der Waals surface area (Å²) in [6, 6.07) is 11.4. The number of carbonyl (C=O) groups is 2. The fourth-order valence-corrected chi connectivity index (χ4v) is 4.13. The van der Waals surface area contributed by atoms with E-state index in [9.17, 15) is 14.0 Å². The first-order valence-electron chi connectivity index (χ1n) is 10.8. The highest BCUT2D eigenvalue weighted by Gasteiger charge is 2.29. The summed E-state index contributed by atoms with van der Waals surface area (Å²) in [5.74, 6) is 0.0683. The van der Waals surface area contributed by atoms with Crippen molar-refractivity contribution in [2.45, 2.75) is 32.2 Å². The largest absolute Gasteiger partial charge is 0.495 e. The summed E-state index contributed by atoms with van der Waals surface area (Å²) in [5.41, 5.74) is 1.21. The summed E-state index contributed by atoms with van der Waals surface area (Å²) in [6.45, 7) is 3.57. The van der Waals surface area contributed by atoms with Crippen LogP contribution in [0.25, 0.3) is 0 Å². The van der Waals surface area contributed by atoms with Gasteiger partial charge in [-0.3, -0.25) is 14.5 Å².